The molecule has 1 saturated heterocycles. The van der Waals surface area contributed by atoms with E-state index in [4.69, 9.17) is 5.73 Å². The van der Waals surface area contributed by atoms with Crippen molar-refractivity contribution in [3.63, 3.8) is 0 Å². The van der Waals surface area contributed by atoms with Crippen molar-refractivity contribution in [3.05, 3.63) is 0 Å². The molecule has 1 aliphatic heterocycles. The molecule has 0 aliphatic carbocycles. The molecule has 3 N–H and O–H groups in total. The Morgan fingerprint density at radius 3 is 2.50 bits per heavy atom. The summed E-state index contributed by atoms with van der Waals surface area (Å²) in [5.41, 5.74) is 5.40. The summed E-state index contributed by atoms with van der Waals surface area (Å²) in [6.07, 6.45) is 2.23. The predicted molar refractivity (Wildman–Crippen MR) is 78.2 cm³/mol. The highest BCUT2D eigenvalue weighted by atomic mass is 32.2. The van der Waals surface area contributed by atoms with Gasteiger partial charge in [0, 0.05) is 40.2 Å². The highest BCUT2D eigenvalue weighted by Gasteiger charge is 2.30. The summed E-state index contributed by atoms with van der Waals surface area (Å²) in [6, 6.07) is 0. The maximum atomic E-state index is 12.3. The molecule has 1 rings (SSSR count). The van der Waals surface area contributed by atoms with Crippen molar-refractivity contribution in [1.29, 1.82) is 0 Å². The second-order valence-corrected chi connectivity index (χ2v) is 7.29. The molecule has 0 atom stereocenters. The first-order valence-corrected chi connectivity index (χ1v) is 8.43. The Morgan fingerprint density at radius 2 is 2.00 bits per heavy atom. The monoisotopic (exact) mass is 306 g/mol. The van der Waals surface area contributed by atoms with Crippen molar-refractivity contribution in [2.24, 2.45) is 11.7 Å². The number of carbonyl (C=O) groups excluding carboxylic acids is 1. The van der Waals surface area contributed by atoms with Gasteiger partial charge in [-0.15, -0.1) is 0 Å². The third-order valence-electron chi connectivity index (χ3n) is 3.61. The summed E-state index contributed by atoms with van der Waals surface area (Å²) in [7, 11) is -1.77. The van der Waals surface area contributed by atoms with Gasteiger partial charge in [-0.1, -0.05) is 0 Å². The van der Waals surface area contributed by atoms with Gasteiger partial charge in [-0.3, -0.25) is 4.79 Å². The lowest BCUT2D eigenvalue weighted by molar-refractivity contribution is -0.119. The predicted octanol–water partition coefficient (Wildman–Crippen LogP) is -0.640. The van der Waals surface area contributed by atoms with Crippen LogP contribution in [0, 0.1) is 5.92 Å². The van der Waals surface area contributed by atoms with Crippen molar-refractivity contribution >= 4 is 16.1 Å². The highest BCUT2D eigenvalue weighted by Crippen LogP contribution is 2.20. The van der Waals surface area contributed by atoms with E-state index in [1.807, 2.05) is 0 Å². The van der Waals surface area contributed by atoms with E-state index >= 15 is 0 Å². The number of carbonyl (C=O) groups is 1. The molecule has 0 unspecified atom stereocenters. The Bertz CT molecular complexity index is 405. The fraction of sp³-hybridized carbons (Fsp3) is 0.917. The molecular formula is C12H26N4O3S. The lowest BCUT2D eigenvalue weighted by Gasteiger charge is -2.33. The van der Waals surface area contributed by atoms with Crippen molar-refractivity contribution < 1.29 is 13.2 Å². The molecule has 0 saturated carbocycles. The molecule has 0 aromatic heterocycles. The van der Waals surface area contributed by atoms with E-state index in [0.29, 0.717) is 45.1 Å². The van der Waals surface area contributed by atoms with E-state index in [0.717, 1.165) is 12.8 Å². The number of hydrogen-bond donors (Lipinski definition) is 2. The minimum Gasteiger partial charge on any atom is -0.356 e. The molecule has 8 heteroatoms. The third kappa shape index (κ3) is 5.01. The quantitative estimate of drug-likeness (QED) is 0.654. The SMILES string of the molecule is CC(=O)NCC1CCN(S(=O)(=O)N(C)CCCN)CC1. The van der Waals surface area contributed by atoms with Crippen molar-refractivity contribution in [2.75, 3.05) is 39.8 Å². The van der Waals surface area contributed by atoms with Gasteiger partial charge in [0.05, 0.1) is 0 Å². The first-order valence-electron chi connectivity index (χ1n) is 7.04. The first-order chi connectivity index (χ1) is 9.37. The number of nitrogens with two attached hydrogens (primary N) is 1. The lowest BCUT2D eigenvalue weighted by Crippen LogP contribution is -2.47. The Kier molecular flexibility index (Phi) is 6.87. The zero-order valence-electron chi connectivity index (χ0n) is 12.3. The Balaban J connectivity index is 2.45. The molecule has 1 fully saturated rings. The largest absolute Gasteiger partial charge is 0.356 e. The average molecular weight is 306 g/mol. The van der Waals surface area contributed by atoms with Crippen LogP contribution in [0.25, 0.3) is 0 Å². The topological polar surface area (TPSA) is 95.7 Å². The molecule has 7 nitrogen and oxygen atoms in total. The fourth-order valence-electron chi connectivity index (χ4n) is 2.26. The van der Waals surface area contributed by atoms with Crippen LogP contribution in [-0.4, -0.2) is 62.7 Å². The van der Waals surface area contributed by atoms with E-state index in [-0.39, 0.29) is 5.91 Å². The van der Waals surface area contributed by atoms with E-state index in [1.165, 1.54) is 15.5 Å². The highest BCUT2D eigenvalue weighted by molar-refractivity contribution is 7.86. The smallest absolute Gasteiger partial charge is 0.281 e. The summed E-state index contributed by atoms with van der Waals surface area (Å²) in [6.45, 7) is 4.08. The number of hydrogen-bond acceptors (Lipinski definition) is 4. The number of amides is 1. The maximum absolute atomic E-state index is 12.3. The zero-order valence-corrected chi connectivity index (χ0v) is 13.2. The third-order valence-corrected chi connectivity index (χ3v) is 5.60. The zero-order chi connectivity index (χ0) is 15.2. The molecule has 20 heavy (non-hydrogen) atoms. The van der Waals surface area contributed by atoms with Gasteiger partial charge in [-0.2, -0.15) is 17.0 Å². The minimum atomic E-state index is -3.37. The van der Waals surface area contributed by atoms with Crippen molar-refractivity contribution in [1.82, 2.24) is 13.9 Å². The van der Waals surface area contributed by atoms with Gasteiger partial charge in [0.1, 0.15) is 0 Å². The van der Waals surface area contributed by atoms with Crippen LogP contribution >= 0.6 is 0 Å². The van der Waals surface area contributed by atoms with Crippen LogP contribution in [0.1, 0.15) is 26.2 Å². The van der Waals surface area contributed by atoms with Crippen LogP contribution in [0.3, 0.4) is 0 Å². The number of piperidine rings is 1. The van der Waals surface area contributed by atoms with Crippen LogP contribution in [0.5, 0.6) is 0 Å². The summed E-state index contributed by atoms with van der Waals surface area (Å²) >= 11 is 0. The van der Waals surface area contributed by atoms with Gasteiger partial charge < -0.3 is 11.1 Å². The Morgan fingerprint density at radius 1 is 1.40 bits per heavy atom. The summed E-state index contributed by atoms with van der Waals surface area (Å²) in [4.78, 5) is 10.9. The second-order valence-electron chi connectivity index (χ2n) is 5.25. The van der Waals surface area contributed by atoms with Gasteiger partial charge in [0.15, 0.2) is 0 Å². The first kappa shape index (κ1) is 17.4. The summed E-state index contributed by atoms with van der Waals surface area (Å²) in [5, 5.41) is 2.79. The molecule has 0 aromatic rings. The summed E-state index contributed by atoms with van der Waals surface area (Å²) in [5.74, 6) is 0.321. The molecule has 0 aromatic carbocycles. The summed E-state index contributed by atoms with van der Waals surface area (Å²) < 4.78 is 27.5. The number of rotatable bonds is 7. The van der Waals surface area contributed by atoms with Crippen molar-refractivity contribution in [2.45, 2.75) is 26.2 Å². The molecule has 0 radical (unpaired) electrons. The van der Waals surface area contributed by atoms with Crippen molar-refractivity contribution in [3.8, 4) is 0 Å². The van der Waals surface area contributed by atoms with E-state index in [2.05, 4.69) is 5.32 Å². The van der Waals surface area contributed by atoms with Crippen LogP contribution < -0.4 is 11.1 Å². The Labute approximate surface area is 121 Å². The molecular weight excluding hydrogens is 280 g/mol. The standard InChI is InChI=1S/C12H26N4O3S/c1-11(17)14-10-12-4-8-16(9-5-12)20(18,19)15(2)7-3-6-13/h12H,3-10,13H2,1-2H3,(H,14,17). The van der Waals surface area contributed by atoms with E-state index < -0.39 is 10.2 Å². The molecule has 1 aliphatic rings. The normalized spacial score (nSPS) is 18.4. The molecule has 1 heterocycles. The van der Waals surface area contributed by atoms with Gasteiger partial charge in [-0.25, -0.2) is 0 Å². The van der Waals surface area contributed by atoms with Crippen LogP contribution in [0.2, 0.25) is 0 Å². The maximum Gasteiger partial charge on any atom is 0.281 e. The van der Waals surface area contributed by atoms with Gasteiger partial charge in [0.2, 0.25) is 5.91 Å². The average Bonchev–Trinajstić information content (AvgIpc) is 2.42. The fourth-order valence-corrected chi connectivity index (χ4v) is 3.68. The van der Waals surface area contributed by atoms with Gasteiger partial charge in [0.25, 0.3) is 10.2 Å². The van der Waals surface area contributed by atoms with Gasteiger partial charge in [-0.05, 0) is 31.7 Å². The lowest BCUT2D eigenvalue weighted by atomic mass is 9.98. The molecule has 118 valence electrons. The number of nitrogens with zero attached hydrogens (tertiary/aromatic N) is 2. The van der Waals surface area contributed by atoms with E-state index in [1.54, 1.807) is 7.05 Å². The second kappa shape index (κ2) is 7.92. The van der Waals surface area contributed by atoms with Crippen LogP contribution in [0.4, 0.5) is 0 Å². The van der Waals surface area contributed by atoms with Crippen LogP contribution in [-0.2, 0) is 15.0 Å². The minimum absolute atomic E-state index is 0.0402. The molecule has 1 amide bonds. The number of nitrogens with one attached hydrogen (secondary N) is 1. The molecule has 0 spiro atoms. The van der Waals surface area contributed by atoms with Gasteiger partial charge >= 0.3 is 0 Å². The molecule has 0 bridgehead atoms. The van der Waals surface area contributed by atoms with Crippen LogP contribution in [0.15, 0.2) is 0 Å². The van der Waals surface area contributed by atoms with E-state index in [9.17, 15) is 13.2 Å². The Hall–Kier alpha value is -0.700.